The third kappa shape index (κ3) is 3.11. The van der Waals surface area contributed by atoms with Crippen LogP contribution in [0.25, 0.3) is 0 Å². The van der Waals surface area contributed by atoms with E-state index in [9.17, 15) is 0 Å². The third-order valence-electron chi connectivity index (χ3n) is 5.15. The number of hydrogen-bond acceptors (Lipinski definition) is 8. The quantitative estimate of drug-likeness (QED) is 0.818. The van der Waals surface area contributed by atoms with Gasteiger partial charge in [-0.2, -0.15) is 4.98 Å². The minimum Gasteiger partial charge on any atom is -0.378 e. The van der Waals surface area contributed by atoms with Gasteiger partial charge in [-0.05, 0) is 12.8 Å². The molecule has 1 aliphatic carbocycles. The first-order valence-electron chi connectivity index (χ1n) is 9.07. The smallest absolute Gasteiger partial charge is 0.240 e. The van der Waals surface area contributed by atoms with Crippen LogP contribution in [0.4, 0.5) is 5.82 Å². The fraction of sp³-hybridized carbons (Fsp3) is 0.647. The molecule has 8 nitrogen and oxygen atoms in total. The molecule has 0 N–H and O–H groups in total. The Labute approximate surface area is 146 Å². The van der Waals surface area contributed by atoms with Gasteiger partial charge in [-0.25, -0.2) is 9.97 Å². The van der Waals surface area contributed by atoms with Crippen molar-refractivity contribution in [1.29, 1.82) is 0 Å². The van der Waals surface area contributed by atoms with E-state index in [0.717, 1.165) is 69.0 Å². The van der Waals surface area contributed by atoms with Crippen LogP contribution in [0, 0.1) is 0 Å². The van der Waals surface area contributed by atoms with Crippen molar-refractivity contribution in [3.8, 4) is 0 Å². The van der Waals surface area contributed by atoms with Gasteiger partial charge in [0.05, 0.1) is 25.5 Å². The van der Waals surface area contributed by atoms with E-state index in [1.807, 2.05) is 0 Å². The zero-order valence-corrected chi connectivity index (χ0v) is 14.2. The van der Waals surface area contributed by atoms with E-state index in [4.69, 9.17) is 9.26 Å². The summed E-state index contributed by atoms with van der Waals surface area (Å²) in [4.78, 5) is 18.3. The average molecular weight is 342 g/mol. The topological polar surface area (TPSA) is 80.4 Å². The molecule has 1 saturated carbocycles. The lowest BCUT2D eigenvalue weighted by molar-refractivity contribution is 0.122. The van der Waals surface area contributed by atoms with Crippen LogP contribution in [0.1, 0.15) is 41.7 Å². The fourth-order valence-electron chi connectivity index (χ4n) is 3.60. The van der Waals surface area contributed by atoms with E-state index in [-0.39, 0.29) is 0 Å². The SMILES string of the molecule is c1nc2c(c(N3CCOCC3)n1)CN(Cc1nc(C3CC3)no1)CC2. The van der Waals surface area contributed by atoms with E-state index in [2.05, 4.69) is 29.9 Å². The summed E-state index contributed by atoms with van der Waals surface area (Å²) in [6.45, 7) is 5.76. The molecule has 3 aliphatic rings. The second-order valence-corrected chi connectivity index (χ2v) is 7.00. The molecule has 8 heteroatoms. The predicted molar refractivity (Wildman–Crippen MR) is 89.2 cm³/mol. The Morgan fingerprint density at radius 3 is 2.84 bits per heavy atom. The Morgan fingerprint density at radius 2 is 2.00 bits per heavy atom. The van der Waals surface area contributed by atoms with Crippen LogP contribution in [0.15, 0.2) is 10.9 Å². The van der Waals surface area contributed by atoms with Crippen molar-refractivity contribution in [2.24, 2.45) is 0 Å². The summed E-state index contributed by atoms with van der Waals surface area (Å²) < 4.78 is 10.9. The number of rotatable bonds is 4. The van der Waals surface area contributed by atoms with Crippen LogP contribution in [0.5, 0.6) is 0 Å². The van der Waals surface area contributed by atoms with Gasteiger partial charge in [0, 0.05) is 44.1 Å². The number of hydrogen-bond donors (Lipinski definition) is 0. The van der Waals surface area contributed by atoms with Crippen molar-refractivity contribution < 1.29 is 9.26 Å². The highest BCUT2D eigenvalue weighted by molar-refractivity contribution is 5.49. The normalized spacial score (nSPS) is 21.4. The summed E-state index contributed by atoms with van der Waals surface area (Å²) in [6.07, 6.45) is 5.00. The van der Waals surface area contributed by atoms with Crippen molar-refractivity contribution in [2.45, 2.75) is 38.3 Å². The summed E-state index contributed by atoms with van der Waals surface area (Å²) in [6, 6.07) is 0. The first-order chi connectivity index (χ1) is 12.4. The standard InChI is InChI=1S/C17H22N6O2/c1-2-12(1)16-20-15(25-21-16)10-22-4-3-14-13(9-22)17(19-11-18-14)23-5-7-24-8-6-23/h11-12H,1-10H2. The zero-order valence-electron chi connectivity index (χ0n) is 14.2. The molecule has 2 fully saturated rings. The molecule has 1 saturated heterocycles. The second kappa shape index (κ2) is 6.34. The van der Waals surface area contributed by atoms with E-state index in [0.29, 0.717) is 12.5 Å². The highest BCUT2D eigenvalue weighted by Gasteiger charge is 2.30. The number of fused-ring (bicyclic) bond motifs is 1. The van der Waals surface area contributed by atoms with Crippen LogP contribution in [0.2, 0.25) is 0 Å². The molecule has 0 atom stereocenters. The Bertz CT molecular complexity index is 753. The maximum Gasteiger partial charge on any atom is 0.240 e. The number of aromatic nitrogens is 4. The van der Waals surface area contributed by atoms with Gasteiger partial charge < -0.3 is 14.2 Å². The molecule has 0 aromatic carbocycles. The predicted octanol–water partition coefficient (Wildman–Crippen LogP) is 1.13. The summed E-state index contributed by atoms with van der Waals surface area (Å²) in [5.41, 5.74) is 2.40. The molecule has 2 aliphatic heterocycles. The number of anilines is 1. The maximum atomic E-state index is 5.47. The lowest BCUT2D eigenvalue weighted by Gasteiger charge is -2.33. The van der Waals surface area contributed by atoms with Crippen LogP contribution in [-0.2, 0) is 24.2 Å². The molecular formula is C17H22N6O2. The number of nitrogens with zero attached hydrogens (tertiary/aromatic N) is 6. The zero-order chi connectivity index (χ0) is 16.6. The van der Waals surface area contributed by atoms with Gasteiger partial charge in [0.15, 0.2) is 5.82 Å². The lowest BCUT2D eigenvalue weighted by Crippen LogP contribution is -2.39. The molecule has 0 bridgehead atoms. The second-order valence-electron chi connectivity index (χ2n) is 7.00. The van der Waals surface area contributed by atoms with Crippen LogP contribution < -0.4 is 4.90 Å². The van der Waals surface area contributed by atoms with Crippen molar-refractivity contribution in [1.82, 2.24) is 25.0 Å². The number of ether oxygens (including phenoxy) is 1. The minimum atomic E-state index is 0.529. The van der Waals surface area contributed by atoms with E-state index in [1.54, 1.807) is 6.33 Å². The van der Waals surface area contributed by atoms with Crippen molar-refractivity contribution in [3.05, 3.63) is 29.3 Å². The lowest BCUT2D eigenvalue weighted by atomic mass is 10.1. The van der Waals surface area contributed by atoms with Gasteiger partial charge in [0.1, 0.15) is 12.1 Å². The molecule has 4 heterocycles. The van der Waals surface area contributed by atoms with Crippen LogP contribution in [-0.4, -0.2) is 57.9 Å². The molecule has 25 heavy (non-hydrogen) atoms. The van der Waals surface area contributed by atoms with Crippen molar-refractivity contribution >= 4 is 5.82 Å². The monoisotopic (exact) mass is 342 g/mol. The minimum absolute atomic E-state index is 0.529. The summed E-state index contributed by atoms with van der Waals surface area (Å²) in [7, 11) is 0. The van der Waals surface area contributed by atoms with Crippen molar-refractivity contribution in [3.63, 3.8) is 0 Å². The first-order valence-corrected chi connectivity index (χ1v) is 9.07. The summed E-state index contributed by atoms with van der Waals surface area (Å²) in [5.74, 6) is 3.18. The molecule has 0 unspecified atom stereocenters. The van der Waals surface area contributed by atoms with Gasteiger partial charge in [-0.15, -0.1) is 0 Å². The molecule has 132 valence electrons. The highest BCUT2D eigenvalue weighted by Crippen LogP contribution is 2.38. The van der Waals surface area contributed by atoms with Crippen molar-refractivity contribution in [2.75, 3.05) is 37.7 Å². The van der Waals surface area contributed by atoms with Gasteiger partial charge >= 0.3 is 0 Å². The highest BCUT2D eigenvalue weighted by atomic mass is 16.5. The average Bonchev–Trinajstić information content (AvgIpc) is 3.41. The Kier molecular flexibility index (Phi) is 3.86. The van der Waals surface area contributed by atoms with Gasteiger partial charge in [-0.3, -0.25) is 4.90 Å². The molecular weight excluding hydrogens is 320 g/mol. The summed E-state index contributed by atoms with van der Waals surface area (Å²) >= 11 is 0. The maximum absolute atomic E-state index is 5.47. The molecule has 0 radical (unpaired) electrons. The molecule has 2 aromatic rings. The van der Waals surface area contributed by atoms with Gasteiger partial charge in [0.25, 0.3) is 0 Å². The fourth-order valence-corrected chi connectivity index (χ4v) is 3.60. The molecule has 2 aromatic heterocycles. The largest absolute Gasteiger partial charge is 0.378 e. The third-order valence-corrected chi connectivity index (χ3v) is 5.15. The van der Waals surface area contributed by atoms with Crippen LogP contribution >= 0.6 is 0 Å². The van der Waals surface area contributed by atoms with Gasteiger partial charge in [0.2, 0.25) is 5.89 Å². The molecule has 5 rings (SSSR count). The van der Waals surface area contributed by atoms with E-state index >= 15 is 0 Å². The summed E-state index contributed by atoms with van der Waals surface area (Å²) in [5, 5.41) is 4.12. The first kappa shape index (κ1) is 15.2. The Balaban J connectivity index is 1.33. The Hall–Kier alpha value is -2.06. The molecule has 0 spiro atoms. The Morgan fingerprint density at radius 1 is 1.12 bits per heavy atom. The van der Waals surface area contributed by atoms with Gasteiger partial charge in [-0.1, -0.05) is 5.16 Å². The molecule has 0 amide bonds. The number of morpholine rings is 1. The van der Waals surface area contributed by atoms with Crippen LogP contribution in [0.3, 0.4) is 0 Å². The van der Waals surface area contributed by atoms with E-state index < -0.39 is 0 Å². The van der Waals surface area contributed by atoms with E-state index in [1.165, 1.54) is 18.4 Å².